The molecular formula is C13H19BrFN3. The Kier molecular flexibility index (Phi) is 4.72. The second kappa shape index (κ2) is 6.10. The molecule has 1 aliphatic heterocycles. The molecule has 2 unspecified atom stereocenters. The summed E-state index contributed by atoms with van der Waals surface area (Å²) >= 11 is 3.36. The van der Waals surface area contributed by atoms with Crippen LogP contribution in [0.1, 0.15) is 18.0 Å². The minimum atomic E-state index is -0.269. The van der Waals surface area contributed by atoms with Gasteiger partial charge in [-0.1, -0.05) is 15.9 Å². The van der Waals surface area contributed by atoms with Gasteiger partial charge in [-0.2, -0.15) is 0 Å². The maximum atomic E-state index is 13.7. The van der Waals surface area contributed by atoms with E-state index >= 15 is 0 Å². The van der Waals surface area contributed by atoms with Gasteiger partial charge in [0, 0.05) is 41.8 Å². The van der Waals surface area contributed by atoms with E-state index in [-0.39, 0.29) is 11.9 Å². The van der Waals surface area contributed by atoms with Crippen molar-refractivity contribution in [1.82, 2.24) is 10.2 Å². The zero-order chi connectivity index (χ0) is 13.1. The Morgan fingerprint density at radius 1 is 1.61 bits per heavy atom. The number of hydrogen-bond donors (Lipinski definition) is 2. The lowest BCUT2D eigenvalue weighted by molar-refractivity contribution is 0.182. The average Bonchev–Trinajstić information content (AvgIpc) is 2.35. The first kappa shape index (κ1) is 13.9. The fourth-order valence-electron chi connectivity index (χ4n) is 2.34. The predicted octanol–water partition coefficient (Wildman–Crippen LogP) is 1.88. The zero-order valence-corrected chi connectivity index (χ0v) is 12.1. The summed E-state index contributed by atoms with van der Waals surface area (Å²) in [5.41, 5.74) is 6.73. The van der Waals surface area contributed by atoms with Crippen molar-refractivity contribution in [1.29, 1.82) is 0 Å². The number of hydrogen-bond acceptors (Lipinski definition) is 3. The van der Waals surface area contributed by atoms with Crippen LogP contribution in [0.25, 0.3) is 0 Å². The molecule has 0 amide bonds. The van der Waals surface area contributed by atoms with Gasteiger partial charge in [0.05, 0.1) is 0 Å². The molecule has 1 saturated heterocycles. The standard InChI is InChI=1S/C13H19BrFN3/c1-18-5-4-17-8-10(18)7-13(16)11-6-9(14)2-3-12(11)15/h2-3,6,10,13,17H,4-5,7-8,16H2,1H3. The second-order valence-corrected chi connectivity index (χ2v) is 5.76. The molecule has 0 saturated carbocycles. The van der Waals surface area contributed by atoms with Gasteiger partial charge in [-0.3, -0.25) is 0 Å². The Morgan fingerprint density at radius 2 is 2.39 bits per heavy atom. The molecule has 1 aromatic rings. The molecule has 3 nitrogen and oxygen atoms in total. The van der Waals surface area contributed by atoms with Gasteiger partial charge in [-0.05, 0) is 31.7 Å². The maximum absolute atomic E-state index is 13.7. The summed E-state index contributed by atoms with van der Waals surface area (Å²) in [4.78, 5) is 2.28. The molecule has 0 aromatic heterocycles. The lowest BCUT2D eigenvalue weighted by Gasteiger charge is -2.34. The Balaban J connectivity index is 2.06. The normalized spacial score (nSPS) is 23.0. The second-order valence-electron chi connectivity index (χ2n) is 4.85. The van der Waals surface area contributed by atoms with Gasteiger partial charge in [-0.25, -0.2) is 4.39 Å². The van der Waals surface area contributed by atoms with Gasteiger partial charge in [-0.15, -0.1) is 0 Å². The monoisotopic (exact) mass is 315 g/mol. The molecule has 1 aromatic carbocycles. The van der Waals surface area contributed by atoms with Crippen molar-refractivity contribution in [3.63, 3.8) is 0 Å². The van der Waals surface area contributed by atoms with E-state index in [4.69, 9.17) is 5.73 Å². The van der Waals surface area contributed by atoms with E-state index < -0.39 is 0 Å². The number of piperazine rings is 1. The SMILES string of the molecule is CN1CCNCC1CC(N)c1cc(Br)ccc1F. The van der Waals surface area contributed by atoms with E-state index in [9.17, 15) is 4.39 Å². The minimum Gasteiger partial charge on any atom is -0.324 e. The first-order valence-electron chi connectivity index (χ1n) is 6.19. The van der Waals surface area contributed by atoms with Crippen LogP contribution in [-0.4, -0.2) is 37.6 Å². The van der Waals surface area contributed by atoms with Crippen LogP contribution in [0.15, 0.2) is 22.7 Å². The van der Waals surface area contributed by atoms with Crippen molar-refractivity contribution >= 4 is 15.9 Å². The third kappa shape index (κ3) is 3.29. The molecule has 18 heavy (non-hydrogen) atoms. The molecule has 0 bridgehead atoms. The van der Waals surface area contributed by atoms with Gasteiger partial charge in [0.1, 0.15) is 5.82 Å². The highest BCUT2D eigenvalue weighted by Crippen LogP contribution is 2.24. The largest absolute Gasteiger partial charge is 0.324 e. The third-order valence-corrected chi connectivity index (χ3v) is 4.02. The van der Waals surface area contributed by atoms with Gasteiger partial charge >= 0.3 is 0 Å². The summed E-state index contributed by atoms with van der Waals surface area (Å²) in [5, 5.41) is 3.35. The fraction of sp³-hybridized carbons (Fsp3) is 0.538. The smallest absolute Gasteiger partial charge is 0.128 e. The summed E-state index contributed by atoms with van der Waals surface area (Å²) in [6.07, 6.45) is 0.761. The van der Waals surface area contributed by atoms with E-state index in [1.54, 1.807) is 12.1 Å². The molecule has 2 atom stereocenters. The summed E-state index contributed by atoms with van der Waals surface area (Å²) in [6.45, 7) is 2.94. The number of nitrogens with two attached hydrogens (primary N) is 1. The van der Waals surface area contributed by atoms with E-state index in [0.717, 1.165) is 30.5 Å². The summed E-state index contributed by atoms with van der Waals surface area (Å²) in [5.74, 6) is -0.225. The molecule has 0 radical (unpaired) electrons. The Bertz CT molecular complexity index is 413. The Hall–Kier alpha value is -0.490. The molecule has 2 rings (SSSR count). The lowest BCUT2D eigenvalue weighted by Crippen LogP contribution is -2.50. The van der Waals surface area contributed by atoms with Crippen molar-refractivity contribution in [2.24, 2.45) is 5.73 Å². The predicted molar refractivity (Wildman–Crippen MR) is 74.9 cm³/mol. The molecule has 3 N–H and O–H groups in total. The number of nitrogens with one attached hydrogen (secondary N) is 1. The van der Waals surface area contributed by atoms with Gasteiger partial charge in [0.15, 0.2) is 0 Å². The Labute approximate surface area is 116 Å². The minimum absolute atomic E-state index is 0.225. The zero-order valence-electron chi connectivity index (χ0n) is 10.5. The average molecular weight is 316 g/mol. The first-order chi connectivity index (χ1) is 8.58. The molecule has 0 spiro atoms. The van der Waals surface area contributed by atoms with E-state index in [0.29, 0.717) is 11.6 Å². The van der Waals surface area contributed by atoms with Crippen molar-refractivity contribution in [2.75, 3.05) is 26.7 Å². The van der Waals surface area contributed by atoms with Crippen LogP contribution < -0.4 is 11.1 Å². The van der Waals surface area contributed by atoms with Gasteiger partial charge in [0.2, 0.25) is 0 Å². The highest BCUT2D eigenvalue weighted by Gasteiger charge is 2.23. The number of rotatable bonds is 3. The number of nitrogens with zero attached hydrogens (tertiary/aromatic N) is 1. The van der Waals surface area contributed by atoms with Crippen LogP contribution in [0.2, 0.25) is 0 Å². The summed E-state index contributed by atoms with van der Waals surface area (Å²) in [7, 11) is 2.09. The first-order valence-corrected chi connectivity index (χ1v) is 6.98. The van der Waals surface area contributed by atoms with Crippen molar-refractivity contribution in [3.8, 4) is 0 Å². The summed E-state index contributed by atoms with van der Waals surface area (Å²) < 4.78 is 14.6. The van der Waals surface area contributed by atoms with Crippen molar-refractivity contribution in [3.05, 3.63) is 34.1 Å². The third-order valence-electron chi connectivity index (χ3n) is 3.53. The van der Waals surface area contributed by atoms with Gasteiger partial charge in [0.25, 0.3) is 0 Å². The number of benzene rings is 1. The van der Waals surface area contributed by atoms with Crippen LogP contribution >= 0.6 is 15.9 Å². The molecule has 5 heteroatoms. The number of likely N-dealkylation sites (N-methyl/N-ethyl adjacent to an activating group) is 1. The van der Waals surface area contributed by atoms with Crippen LogP contribution in [-0.2, 0) is 0 Å². The van der Waals surface area contributed by atoms with Crippen LogP contribution in [0.4, 0.5) is 4.39 Å². The molecular weight excluding hydrogens is 297 g/mol. The molecule has 1 aliphatic rings. The fourth-order valence-corrected chi connectivity index (χ4v) is 2.72. The van der Waals surface area contributed by atoms with E-state index in [2.05, 4.69) is 33.2 Å². The van der Waals surface area contributed by atoms with Crippen molar-refractivity contribution < 1.29 is 4.39 Å². The van der Waals surface area contributed by atoms with Crippen LogP contribution in [0.3, 0.4) is 0 Å². The van der Waals surface area contributed by atoms with Crippen LogP contribution in [0.5, 0.6) is 0 Å². The lowest BCUT2D eigenvalue weighted by atomic mass is 9.98. The maximum Gasteiger partial charge on any atom is 0.128 e. The number of halogens is 2. The quantitative estimate of drug-likeness (QED) is 0.895. The van der Waals surface area contributed by atoms with Gasteiger partial charge < -0.3 is 16.0 Å². The van der Waals surface area contributed by atoms with E-state index in [1.807, 2.05) is 0 Å². The highest BCUT2D eigenvalue weighted by molar-refractivity contribution is 9.10. The molecule has 1 heterocycles. The highest BCUT2D eigenvalue weighted by atomic mass is 79.9. The summed E-state index contributed by atoms with van der Waals surface area (Å²) in [6, 6.07) is 5.03. The van der Waals surface area contributed by atoms with Crippen molar-refractivity contribution in [2.45, 2.75) is 18.5 Å². The molecule has 100 valence electrons. The molecule has 1 fully saturated rings. The topological polar surface area (TPSA) is 41.3 Å². The molecule has 0 aliphatic carbocycles. The Morgan fingerprint density at radius 3 is 3.11 bits per heavy atom. The van der Waals surface area contributed by atoms with E-state index in [1.165, 1.54) is 6.07 Å². The van der Waals surface area contributed by atoms with Crippen LogP contribution in [0, 0.1) is 5.82 Å².